The molecule has 0 saturated heterocycles. The van der Waals surface area contributed by atoms with Crippen molar-refractivity contribution in [3.63, 3.8) is 0 Å². The summed E-state index contributed by atoms with van der Waals surface area (Å²) in [7, 11) is 0. The molecule has 1 aliphatic carbocycles. The molecule has 0 aromatic carbocycles. The van der Waals surface area contributed by atoms with Crippen LogP contribution in [0.3, 0.4) is 0 Å². The third kappa shape index (κ3) is 6.47. The van der Waals surface area contributed by atoms with Crippen molar-refractivity contribution in [2.24, 2.45) is 5.92 Å². The van der Waals surface area contributed by atoms with E-state index in [0.717, 1.165) is 0 Å². The number of hydrogen-bond donors (Lipinski definition) is 1. The molecule has 3 nitrogen and oxygen atoms in total. The highest BCUT2D eigenvalue weighted by atomic mass is 16.5. The van der Waals surface area contributed by atoms with Gasteiger partial charge in [-0.1, -0.05) is 31.4 Å². The van der Waals surface area contributed by atoms with Crippen molar-refractivity contribution in [1.29, 1.82) is 0 Å². The maximum Gasteiger partial charge on any atom is 0.308 e. The van der Waals surface area contributed by atoms with Crippen LogP contribution in [-0.2, 0) is 9.53 Å². The number of carbonyl (C=O) groups excluding carboxylic acids is 1. The average molecular weight is 240 g/mol. The van der Waals surface area contributed by atoms with E-state index in [-0.39, 0.29) is 12.4 Å². The van der Waals surface area contributed by atoms with Crippen LogP contribution in [0.15, 0.2) is 12.2 Å². The average Bonchev–Trinajstić information content (AvgIpc) is 2.30. The van der Waals surface area contributed by atoms with E-state index in [0.29, 0.717) is 18.9 Å². The van der Waals surface area contributed by atoms with Crippen LogP contribution in [0.1, 0.15) is 51.9 Å². The minimum Gasteiger partial charge on any atom is -0.466 e. The first-order valence-electron chi connectivity index (χ1n) is 6.72. The fourth-order valence-electron chi connectivity index (χ4n) is 2.25. The first-order chi connectivity index (χ1) is 8.22. The van der Waals surface area contributed by atoms with Crippen molar-refractivity contribution < 1.29 is 14.6 Å². The Labute approximate surface area is 104 Å². The summed E-state index contributed by atoms with van der Waals surface area (Å²) in [5, 5.41) is 9.62. The van der Waals surface area contributed by atoms with Gasteiger partial charge in [0.05, 0.1) is 19.1 Å². The highest BCUT2D eigenvalue weighted by Gasteiger charge is 2.12. The molecule has 0 aromatic rings. The predicted octanol–water partition coefficient (Wildman–Crippen LogP) is 2.83. The number of aliphatic hydroxyl groups excluding tert-OH is 1. The van der Waals surface area contributed by atoms with Gasteiger partial charge < -0.3 is 9.84 Å². The summed E-state index contributed by atoms with van der Waals surface area (Å²) < 4.78 is 4.79. The first-order valence-corrected chi connectivity index (χ1v) is 6.72. The zero-order valence-corrected chi connectivity index (χ0v) is 10.7. The minimum atomic E-state index is -0.603. The quantitative estimate of drug-likeness (QED) is 0.573. The predicted molar refractivity (Wildman–Crippen MR) is 67.6 cm³/mol. The maximum atomic E-state index is 11.1. The molecule has 0 aromatic heterocycles. The molecule has 0 radical (unpaired) electrons. The summed E-state index contributed by atoms with van der Waals surface area (Å²) in [5.74, 6) is 0.365. The van der Waals surface area contributed by atoms with Crippen molar-refractivity contribution in [2.45, 2.75) is 58.0 Å². The van der Waals surface area contributed by atoms with E-state index in [1.54, 1.807) is 6.92 Å². The van der Waals surface area contributed by atoms with Crippen molar-refractivity contribution in [2.75, 3.05) is 6.61 Å². The molecule has 1 rings (SSSR count). The van der Waals surface area contributed by atoms with Crippen LogP contribution in [-0.4, -0.2) is 23.8 Å². The van der Waals surface area contributed by atoms with Gasteiger partial charge in [0.25, 0.3) is 0 Å². The minimum absolute atomic E-state index is 0.100. The van der Waals surface area contributed by atoms with E-state index in [4.69, 9.17) is 4.74 Å². The Hall–Kier alpha value is -0.830. The topological polar surface area (TPSA) is 46.5 Å². The number of hydrogen-bond acceptors (Lipinski definition) is 3. The zero-order chi connectivity index (χ0) is 12.5. The van der Waals surface area contributed by atoms with Gasteiger partial charge in [-0.3, -0.25) is 4.79 Å². The van der Waals surface area contributed by atoms with Crippen LogP contribution in [0.2, 0.25) is 0 Å². The molecule has 0 unspecified atom stereocenters. The second-order valence-corrected chi connectivity index (χ2v) is 4.72. The Morgan fingerprint density at radius 3 is 2.76 bits per heavy atom. The van der Waals surface area contributed by atoms with Gasteiger partial charge >= 0.3 is 5.97 Å². The fourth-order valence-corrected chi connectivity index (χ4v) is 2.25. The van der Waals surface area contributed by atoms with E-state index in [1.165, 1.54) is 32.1 Å². The van der Waals surface area contributed by atoms with Crippen molar-refractivity contribution in [3.05, 3.63) is 12.2 Å². The third-order valence-corrected chi connectivity index (χ3v) is 3.17. The van der Waals surface area contributed by atoms with Gasteiger partial charge in [0, 0.05) is 0 Å². The Kier molecular flexibility index (Phi) is 6.94. The number of allylic oxidation sites excluding steroid dienone is 1. The van der Waals surface area contributed by atoms with Gasteiger partial charge in [-0.2, -0.15) is 0 Å². The summed E-state index contributed by atoms with van der Waals surface area (Å²) in [6.07, 6.45) is 10.8. The Balaban J connectivity index is 2.15. The van der Waals surface area contributed by atoms with Crippen LogP contribution < -0.4 is 0 Å². The van der Waals surface area contributed by atoms with Gasteiger partial charge in [0.2, 0.25) is 0 Å². The van der Waals surface area contributed by atoms with Crippen LogP contribution in [0, 0.1) is 5.92 Å². The molecule has 1 fully saturated rings. The number of ether oxygens (including phenoxy) is 1. The Morgan fingerprint density at radius 1 is 1.41 bits per heavy atom. The second-order valence-electron chi connectivity index (χ2n) is 4.72. The van der Waals surface area contributed by atoms with Crippen molar-refractivity contribution >= 4 is 5.97 Å². The molecule has 1 saturated carbocycles. The van der Waals surface area contributed by atoms with Crippen LogP contribution >= 0.6 is 0 Å². The molecule has 0 aliphatic heterocycles. The fraction of sp³-hybridized carbons (Fsp3) is 0.786. The second kappa shape index (κ2) is 8.29. The molecule has 3 heteroatoms. The number of esters is 1. The summed E-state index contributed by atoms with van der Waals surface area (Å²) in [6, 6.07) is 0. The number of rotatable bonds is 6. The molecule has 1 aliphatic rings. The Bertz CT molecular complexity index is 242. The smallest absolute Gasteiger partial charge is 0.308 e. The van der Waals surface area contributed by atoms with Crippen LogP contribution in [0.4, 0.5) is 0 Å². The van der Waals surface area contributed by atoms with E-state index in [1.807, 2.05) is 6.08 Å². The highest BCUT2D eigenvalue weighted by molar-refractivity contribution is 5.69. The van der Waals surface area contributed by atoms with Gasteiger partial charge in [-0.25, -0.2) is 0 Å². The molecule has 0 heterocycles. The number of aliphatic hydroxyl groups is 1. The van der Waals surface area contributed by atoms with Crippen molar-refractivity contribution in [1.82, 2.24) is 0 Å². The lowest BCUT2D eigenvalue weighted by molar-refractivity contribution is -0.145. The van der Waals surface area contributed by atoms with Gasteiger partial charge in [0.15, 0.2) is 0 Å². The first kappa shape index (κ1) is 14.2. The molecule has 0 spiro atoms. The largest absolute Gasteiger partial charge is 0.466 e. The molecule has 17 heavy (non-hydrogen) atoms. The summed E-state index contributed by atoms with van der Waals surface area (Å²) in [5.41, 5.74) is 0. The van der Waals surface area contributed by atoms with Crippen LogP contribution in [0.25, 0.3) is 0 Å². The molecule has 0 amide bonds. The van der Waals surface area contributed by atoms with Gasteiger partial charge in [0.1, 0.15) is 0 Å². The van der Waals surface area contributed by atoms with E-state index < -0.39 is 6.10 Å². The molecule has 1 N–H and O–H groups in total. The van der Waals surface area contributed by atoms with Gasteiger partial charge in [-0.05, 0) is 32.1 Å². The monoisotopic (exact) mass is 240 g/mol. The summed E-state index contributed by atoms with van der Waals surface area (Å²) in [4.78, 5) is 11.1. The zero-order valence-electron chi connectivity index (χ0n) is 10.7. The molecule has 1 atom stereocenters. The van der Waals surface area contributed by atoms with Gasteiger partial charge in [-0.15, -0.1) is 0 Å². The molecule has 0 bridgehead atoms. The van der Waals surface area contributed by atoms with E-state index in [9.17, 15) is 9.90 Å². The number of carbonyl (C=O) groups is 1. The summed E-state index contributed by atoms with van der Waals surface area (Å²) in [6.45, 7) is 2.15. The normalized spacial score (nSPS) is 19.4. The maximum absolute atomic E-state index is 11.1. The Morgan fingerprint density at radius 2 is 2.12 bits per heavy atom. The standard InChI is InChI=1S/C14H24O3/c1-2-17-14(16)11-13(15)10-6-9-12-7-4-3-5-8-12/h6,9,12-13,15H,2-5,7-8,10-11H2,1H3/b9-6+/t13-/m0/s1. The molecular formula is C14H24O3. The van der Waals surface area contributed by atoms with E-state index >= 15 is 0 Å². The summed E-state index contributed by atoms with van der Waals surface area (Å²) >= 11 is 0. The van der Waals surface area contributed by atoms with Crippen LogP contribution in [0.5, 0.6) is 0 Å². The third-order valence-electron chi connectivity index (χ3n) is 3.17. The lowest BCUT2D eigenvalue weighted by Gasteiger charge is -2.17. The molecular weight excluding hydrogens is 216 g/mol. The SMILES string of the molecule is CCOC(=O)C[C@@H](O)C/C=C/C1CCCCC1. The van der Waals surface area contributed by atoms with E-state index in [2.05, 4.69) is 6.08 Å². The highest BCUT2D eigenvalue weighted by Crippen LogP contribution is 2.24. The van der Waals surface area contributed by atoms with Crippen molar-refractivity contribution in [3.8, 4) is 0 Å². The lowest BCUT2D eigenvalue weighted by Crippen LogP contribution is -2.15. The lowest BCUT2D eigenvalue weighted by atomic mass is 9.89. The molecule has 98 valence electrons.